The van der Waals surface area contributed by atoms with Crippen molar-refractivity contribution >= 4 is 5.97 Å². The van der Waals surface area contributed by atoms with E-state index >= 15 is 0 Å². The predicted octanol–water partition coefficient (Wildman–Crippen LogP) is 2.02. The van der Waals surface area contributed by atoms with Crippen molar-refractivity contribution in [3.63, 3.8) is 0 Å². The molecule has 4 nitrogen and oxygen atoms in total. The summed E-state index contributed by atoms with van der Waals surface area (Å²) in [6.45, 7) is 6.42. The number of hydrogen-bond donors (Lipinski definition) is 1. The van der Waals surface area contributed by atoms with Crippen molar-refractivity contribution in [3.8, 4) is 0 Å². The first-order valence-corrected chi connectivity index (χ1v) is 12.9. The van der Waals surface area contributed by atoms with Crippen LogP contribution < -0.4 is 17.0 Å². The minimum Gasteiger partial charge on any atom is -1.00 e. The lowest BCUT2D eigenvalue weighted by Crippen LogP contribution is -3.00. The van der Waals surface area contributed by atoms with Crippen LogP contribution in [0.25, 0.3) is 0 Å². The van der Waals surface area contributed by atoms with Gasteiger partial charge in [-0.05, 0) is 30.0 Å². The highest BCUT2D eigenvalue weighted by Gasteiger charge is 2.50. The van der Waals surface area contributed by atoms with Crippen molar-refractivity contribution in [3.05, 3.63) is 107 Å². The van der Waals surface area contributed by atoms with Gasteiger partial charge < -0.3 is 31.3 Å². The molecule has 3 aliphatic heterocycles. The van der Waals surface area contributed by atoms with Gasteiger partial charge in [0.1, 0.15) is 6.54 Å². The molecule has 3 fully saturated rings. The minimum atomic E-state index is -1.81. The summed E-state index contributed by atoms with van der Waals surface area (Å²) in [7, 11) is 0. The lowest BCUT2D eigenvalue weighted by molar-refractivity contribution is -0.946. The Labute approximate surface area is 225 Å². The number of hydrogen-bond acceptors (Lipinski definition) is 3. The van der Waals surface area contributed by atoms with Crippen molar-refractivity contribution in [2.45, 2.75) is 44.3 Å². The molecule has 3 aliphatic rings. The van der Waals surface area contributed by atoms with Gasteiger partial charge in [-0.3, -0.25) is 0 Å². The molecule has 3 saturated heterocycles. The first kappa shape index (κ1) is 26.6. The molecule has 3 aromatic rings. The Balaban J connectivity index is 0.00000304. The molecule has 190 valence electrons. The number of aryl methyl sites for hydroxylation is 2. The van der Waals surface area contributed by atoms with E-state index in [1.807, 2.05) is 36.4 Å². The topological polar surface area (TPSA) is 46.5 Å². The molecular weight excluding hydrogens is 514 g/mol. The number of piperidine rings is 3. The molecule has 1 N–H and O–H groups in total. The monoisotopic (exact) mass is 549 g/mol. The second kappa shape index (κ2) is 11.3. The van der Waals surface area contributed by atoms with Crippen LogP contribution in [-0.4, -0.2) is 47.8 Å². The molecule has 1 atom stereocenters. The number of carbonyl (C=O) groups is 1. The minimum absolute atomic E-state index is 0. The Morgan fingerprint density at radius 2 is 1.56 bits per heavy atom. The summed E-state index contributed by atoms with van der Waals surface area (Å²) < 4.78 is 7.22. The molecule has 0 spiro atoms. The molecule has 0 aromatic heterocycles. The molecule has 2 bridgehead atoms. The highest BCUT2D eigenvalue weighted by atomic mass is 79.9. The van der Waals surface area contributed by atoms with Crippen LogP contribution >= 0.6 is 0 Å². The fourth-order valence-electron chi connectivity index (χ4n) is 6.14. The van der Waals surface area contributed by atoms with E-state index < -0.39 is 11.6 Å². The Kier molecular flexibility index (Phi) is 8.34. The van der Waals surface area contributed by atoms with E-state index in [-0.39, 0.29) is 23.1 Å². The standard InChI is InChI=1S/C31H36NO3.BrH/c1-24-10-8-11-25(22-24)12-9-19-32-20-17-26(18-21-32)29(23-32)35-30(33)31(34,27-13-4-2-5-14-27)28-15-6-3-7-16-28;/h2-8,10-11,13-16,22,26,29,34H,9,12,17-21,23H2,1H3;1H/q+1;/p-1. The summed E-state index contributed by atoms with van der Waals surface area (Å²) in [4.78, 5) is 13.7. The average molecular weight is 551 g/mol. The van der Waals surface area contributed by atoms with Crippen molar-refractivity contribution in [1.29, 1.82) is 0 Å². The van der Waals surface area contributed by atoms with E-state index in [9.17, 15) is 9.90 Å². The third kappa shape index (κ3) is 5.44. The molecule has 5 heteroatoms. The number of ether oxygens (including phenoxy) is 1. The molecule has 6 rings (SSSR count). The van der Waals surface area contributed by atoms with Gasteiger partial charge in [-0.1, -0.05) is 90.5 Å². The summed E-state index contributed by atoms with van der Waals surface area (Å²) in [5.74, 6) is -0.182. The zero-order chi connectivity index (χ0) is 24.3. The second-order valence-corrected chi connectivity index (χ2v) is 10.5. The van der Waals surface area contributed by atoms with E-state index in [0.29, 0.717) is 17.0 Å². The largest absolute Gasteiger partial charge is 1.00 e. The molecule has 36 heavy (non-hydrogen) atoms. The third-order valence-electron chi connectivity index (χ3n) is 8.16. The van der Waals surface area contributed by atoms with Crippen LogP contribution in [0, 0.1) is 12.8 Å². The van der Waals surface area contributed by atoms with Gasteiger partial charge in [0, 0.05) is 25.2 Å². The van der Waals surface area contributed by atoms with Gasteiger partial charge in [0.2, 0.25) is 5.60 Å². The number of carbonyl (C=O) groups excluding carboxylic acids is 1. The zero-order valence-corrected chi connectivity index (χ0v) is 22.6. The lowest BCUT2D eigenvalue weighted by Gasteiger charge is -2.52. The first-order chi connectivity index (χ1) is 17.0. The van der Waals surface area contributed by atoms with E-state index in [1.165, 1.54) is 11.1 Å². The quantitative estimate of drug-likeness (QED) is 0.345. The maximum absolute atomic E-state index is 13.7. The van der Waals surface area contributed by atoms with Crippen LogP contribution in [0.3, 0.4) is 0 Å². The van der Waals surface area contributed by atoms with Crippen LogP contribution in [0.15, 0.2) is 84.9 Å². The molecule has 0 amide bonds. The van der Waals surface area contributed by atoms with Gasteiger partial charge in [-0.2, -0.15) is 0 Å². The fraction of sp³-hybridized carbons (Fsp3) is 0.387. The van der Waals surface area contributed by atoms with Crippen LogP contribution in [0.1, 0.15) is 41.5 Å². The maximum Gasteiger partial charge on any atom is 0.348 e. The molecule has 0 aliphatic carbocycles. The summed E-state index contributed by atoms with van der Waals surface area (Å²) in [6.07, 6.45) is 4.22. The predicted molar refractivity (Wildman–Crippen MR) is 138 cm³/mol. The third-order valence-corrected chi connectivity index (χ3v) is 8.16. The van der Waals surface area contributed by atoms with Gasteiger partial charge in [-0.25, -0.2) is 4.79 Å². The van der Waals surface area contributed by atoms with Crippen LogP contribution in [-0.2, 0) is 21.6 Å². The lowest BCUT2D eigenvalue weighted by atomic mass is 9.82. The van der Waals surface area contributed by atoms with Crippen molar-refractivity contribution in [2.24, 2.45) is 5.92 Å². The van der Waals surface area contributed by atoms with Gasteiger partial charge >= 0.3 is 5.97 Å². The number of esters is 1. The van der Waals surface area contributed by atoms with Gasteiger partial charge in [0.25, 0.3) is 0 Å². The smallest absolute Gasteiger partial charge is 0.348 e. The summed E-state index contributed by atoms with van der Waals surface area (Å²) in [5.41, 5.74) is 1.97. The molecule has 0 radical (unpaired) electrons. The normalized spacial score (nSPS) is 23.1. The molecule has 0 saturated carbocycles. The summed E-state index contributed by atoms with van der Waals surface area (Å²) >= 11 is 0. The van der Waals surface area contributed by atoms with Gasteiger partial charge in [-0.15, -0.1) is 0 Å². The molecule has 3 aromatic carbocycles. The Hall–Kier alpha value is -2.47. The zero-order valence-electron chi connectivity index (χ0n) is 21.0. The number of fused-ring (bicyclic) bond motifs is 3. The Morgan fingerprint density at radius 3 is 2.14 bits per heavy atom. The molecule has 3 heterocycles. The Morgan fingerprint density at radius 1 is 0.944 bits per heavy atom. The number of aliphatic hydroxyl groups is 1. The average Bonchev–Trinajstić information content (AvgIpc) is 2.90. The Bertz CT molecular complexity index is 1100. The van der Waals surface area contributed by atoms with E-state index in [1.54, 1.807) is 24.3 Å². The second-order valence-electron chi connectivity index (χ2n) is 10.5. The number of benzene rings is 3. The number of quaternary nitrogens is 1. The SMILES string of the molecule is Cc1cccc(CCC[N+]23CCC(CC2)C(OC(=O)C(O)(c2ccccc2)c2ccccc2)C3)c1.[Br-]. The summed E-state index contributed by atoms with van der Waals surface area (Å²) in [6, 6.07) is 27.1. The van der Waals surface area contributed by atoms with E-state index in [0.717, 1.165) is 56.3 Å². The van der Waals surface area contributed by atoms with Crippen molar-refractivity contribution in [1.82, 2.24) is 0 Å². The summed E-state index contributed by atoms with van der Waals surface area (Å²) in [5, 5.41) is 11.8. The maximum atomic E-state index is 13.7. The van der Waals surface area contributed by atoms with Gasteiger partial charge in [0.15, 0.2) is 6.10 Å². The van der Waals surface area contributed by atoms with Crippen molar-refractivity contribution < 1.29 is 36.1 Å². The highest BCUT2D eigenvalue weighted by Crippen LogP contribution is 2.38. The van der Waals surface area contributed by atoms with Crippen molar-refractivity contribution in [2.75, 3.05) is 26.2 Å². The number of nitrogens with zero attached hydrogens (tertiary/aromatic N) is 1. The molecular formula is C31H36BrNO3. The fourth-order valence-corrected chi connectivity index (χ4v) is 6.14. The molecule has 1 unspecified atom stereocenters. The number of rotatable bonds is 8. The highest BCUT2D eigenvalue weighted by molar-refractivity contribution is 5.85. The van der Waals surface area contributed by atoms with E-state index in [4.69, 9.17) is 4.74 Å². The first-order valence-electron chi connectivity index (χ1n) is 12.9. The number of halogens is 1. The van der Waals surface area contributed by atoms with Crippen LogP contribution in [0.4, 0.5) is 0 Å². The van der Waals surface area contributed by atoms with E-state index in [2.05, 4.69) is 31.2 Å². The van der Waals surface area contributed by atoms with Gasteiger partial charge in [0.05, 0.1) is 19.6 Å². The van der Waals surface area contributed by atoms with Crippen LogP contribution in [0.5, 0.6) is 0 Å². The van der Waals surface area contributed by atoms with Crippen LogP contribution in [0.2, 0.25) is 0 Å².